The molecule has 2 N–H and O–H groups in total. The van der Waals surface area contributed by atoms with E-state index in [4.69, 9.17) is 10.5 Å². The molecule has 2 atom stereocenters. The lowest BCUT2D eigenvalue weighted by atomic mass is 9.96. The molecule has 0 bridgehead atoms. The number of likely N-dealkylation sites (tertiary alicyclic amines) is 1. The molecular formula is C16H24N2O2. The van der Waals surface area contributed by atoms with Crippen LogP contribution in [0.1, 0.15) is 45.7 Å². The smallest absolute Gasteiger partial charge is 0.225 e. The Labute approximate surface area is 120 Å². The molecule has 1 aliphatic rings. The first-order chi connectivity index (χ1) is 9.36. The van der Waals surface area contributed by atoms with Crippen LogP contribution < -0.4 is 10.5 Å². The molecule has 0 aliphatic carbocycles. The number of amides is 1. The molecule has 1 amide bonds. The summed E-state index contributed by atoms with van der Waals surface area (Å²) >= 11 is 0. The SMILES string of the molecule is CCOc1ccccc1C1C(N)CC(=O)N1C(C)(C)C. The molecule has 4 nitrogen and oxygen atoms in total. The number of nitrogens with zero attached hydrogens (tertiary/aromatic N) is 1. The van der Waals surface area contributed by atoms with Crippen LogP contribution >= 0.6 is 0 Å². The molecule has 0 spiro atoms. The van der Waals surface area contributed by atoms with Crippen LogP contribution in [0.5, 0.6) is 5.75 Å². The number of benzene rings is 1. The van der Waals surface area contributed by atoms with Gasteiger partial charge in [-0.25, -0.2) is 0 Å². The summed E-state index contributed by atoms with van der Waals surface area (Å²) in [5.74, 6) is 0.931. The van der Waals surface area contributed by atoms with Gasteiger partial charge in [-0.05, 0) is 33.8 Å². The van der Waals surface area contributed by atoms with Gasteiger partial charge in [0.15, 0.2) is 0 Å². The van der Waals surface area contributed by atoms with Crippen molar-refractivity contribution in [1.29, 1.82) is 0 Å². The molecule has 1 aromatic carbocycles. The molecule has 4 heteroatoms. The van der Waals surface area contributed by atoms with E-state index in [1.54, 1.807) is 0 Å². The van der Waals surface area contributed by atoms with Crippen LogP contribution in [0.25, 0.3) is 0 Å². The van der Waals surface area contributed by atoms with Gasteiger partial charge in [-0.2, -0.15) is 0 Å². The molecule has 110 valence electrons. The summed E-state index contributed by atoms with van der Waals surface area (Å²) < 4.78 is 5.70. The lowest BCUT2D eigenvalue weighted by Gasteiger charge is -2.38. The van der Waals surface area contributed by atoms with Gasteiger partial charge in [0, 0.05) is 23.6 Å². The number of para-hydroxylation sites is 1. The van der Waals surface area contributed by atoms with Gasteiger partial charge in [-0.3, -0.25) is 4.79 Å². The predicted molar refractivity (Wildman–Crippen MR) is 79.5 cm³/mol. The minimum atomic E-state index is -0.255. The van der Waals surface area contributed by atoms with Crippen LogP contribution in [-0.2, 0) is 4.79 Å². The Balaban J connectivity index is 2.46. The van der Waals surface area contributed by atoms with E-state index in [1.165, 1.54) is 0 Å². The fourth-order valence-electron chi connectivity index (χ4n) is 2.93. The third-order valence-corrected chi connectivity index (χ3v) is 3.62. The molecular weight excluding hydrogens is 252 g/mol. The Morgan fingerprint density at radius 3 is 2.60 bits per heavy atom. The van der Waals surface area contributed by atoms with Crippen LogP contribution in [0, 0.1) is 0 Å². The number of ether oxygens (including phenoxy) is 1. The molecule has 20 heavy (non-hydrogen) atoms. The van der Waals surface area contributed by atoms with E-state index < -0.39 is 0 Å². The van der Waals surface area contributed by atoms with E-state index in [-0.39, 0.29) is 23.5 Å². The van der Waals surface area contributed by atoms with Gasteiger partial charge in [-0.1, -0.05) is 18.2 Å². The highest BCUT2D eigenvalue weighted by Gasteiger charge is 2.44. The minimum absolute atomic E-state index is 0.112. The number of carbonyl (C=O) groups excluding carboxylic acids is 1. The second kappa shape index (κ2) is 5.44. The van der Waals surface area contributed by atoms with Crippen molar-refractivity contribution in [3.05, 3.63) is 29.8 Å². The van der Waals surface area contributed by atoms with E-state index in [0.717, 1.165) is 11.3 Å². The third-order valence-electron chi connectivity index (χ3n) is 3.62. The van der Waals surface area contributed by atoms with Gasteiger partial charge in [0.2, 0.25) is 5.91 Å². The monoisotopic (exact) mass is 276 g/mol. The first-order valence-corrected chi connectivity index (χ1v) is 7.15. The van der Waals surface area contributed by atoms with Crippen molar-refractivity contribution in [3.63, 3.8) is 0 Å². The highest BCUT2D eigenvalue weighted by molar-refractivity contribution is 5.81. The summed E-state index contributed by atoms with van der Waals surface area (Å²) in [4.78, 5) is 14.2. The van der Waals surface area contributed by atoms with E-state index >= 15 is 0 Å². The zero-order valence-electron chi connectivity index (χ0n) is 12.7. The second-order valence-electron chi connectivity index (χ2n) is 6.22. The average molecular weight is 276 g/mol. The second-order valence-corrected chi connectivity index (χ2v) is 6.22. The number of rotatable bonds is 3. The Hall–Kier alpha value is -1.55. The molecule has 1 fully saturated rings. The van der Waals surface area contributed by atoms with E-state index in [2.05, 4.69) is 0 Å². The quantitative estimate of drug-likeness (QED) is 0.922. The summed E-state index contributed by atoms with van der Waals surface area (Å²) in [6, 6.07) is 7.54. The van der Waals surface area contributed by atoms with Crippen molar-refractivity contribution < 1.29 is 9.53 Å². The Bertz CT molecular complexity index is 493. The van der Waals surface area contributed by atoms with Crippen LogP contribution in [0.4, 0.5) is 0 Å². The Morgan fingerprint density at radius 1 is 1.35 bits per heavy atom. The summed E-state index contributed by atoms with van der Waals surface area (Å²) in [5, 5.41) is 0. The van der Waals surface area contributed by atoms with Crippen molar-refractivity contribution in [3.8, 4) is 5.75 Å². The normalized spacial score (nSPS) is 23.2. The molecule has 1 aromatic rings. The minimum Gasteiger partial charge on any atom is -0.494 e. The van der Waals surface area contributed by atoms with Gasteiger partial charge in [-0.15, -0.1) is 0 Å². The third kappa shape index (κ3) is 2.66. The largest absolute Gasteiger partial charge is 0.494 e. The molecule has 0 saturated carbocycles. The summed E-state index contributed by atoms with van der Waals surface area (Å²) in [6.45, 7) is 8.68. The molecule has 0 radical (unpaired) electrons. The maximum atomic E-state index is 12.3. The van der Waals surface area contributed by atoms with Crippen LogP contribution in [-0.4, -0.2) is 29.0 Å². The number of nitrogens with two attached hydrogens (primary N) is 1. The summed E-state index contributed by atoms with van der Waals surface area (Å²) in [5.41, 5.74) is 6.98. The standard InChI is InChI=1S/C16H24N2O2/c1-5-20-13-9-7-6-8-11(13)15-12(17)10-14(19)18(15)16(2,3)4/h6-9,12,15H,5,10,17H2,1-4H3. The zero-order valence-corrected chi connectivity index (χ0v) is 12.7. The Morgan fingerprint density at radius 2 is 2.00 bits per heavy atom. The molecule has 2 unspecified atom stereocenters. The fourth-order valence-corrected chi connectivity index (χ4v) is 2.93. The van der Waals surface area contributed by atoms with Crippen LogP contribution in [0.3, 0.4) is 0 Å². The lowest BCUT2D eigenvalue weighted by molar-refractivity contribution is -0.133. The number of hydrogen-bond acceptors (Lipinski definition) is 3. The molecule has 0 aromatic heterocycles. The highest BCUT2D eigenvalue weighted by Crippen LogP contribution is 2.40. The van der Waals surface area contributed by atoms with Crippen molar-refractivity contribution in [2.24, 2.45) is 5.73 Å². The molecule has 1 saturated heterocycles. The first kappa shape index (κ1) is 14.9. The van der Waals surface area contributed by atoms with Crippen LogP contribution in [0.15, 0.2) is 24.3 Å². The number of hydrogen-bond donors (Lipinski definition) is 1. The molecule has 2 rings (SSSR count). The molecule has 1 aliphatic heterocycles. The first-order valence-electron chi connectivity index (χ1n) is 7.15. The van der Waals surface area contributed by atoms with E-state index in [9.17, 15) is 4.79 Å². The van der Waals surface area contributed by atoms with Crippen molar-refractivity contribution >= 4 is 5.91 Å². The fraction of sp³-hybridized carbons (Fsp3) is 0.562. The van der Waals surface area contributed by atoms with Gasteiger partial charge in [0.05, 0.1) is 12.6 Å². The van der Waals surface area contributed by atoms with E-state index in [1.807, 2.05) is 56.9 Å². The highest BCUT2D eigenvalue weighted by atomic mass is 16.5. The lowest BCUT2D eigenvalue weighted by Crippen LogP contribution is -2.45. The maximum Gasteiger partial charge on any atom is 0.225 e. The van der Waals surface area contributed by atoms with Gasteiger partial charge < -0.3 is 15.4 Å². The predicted octanol–water partition coefficient (Wildman–Crippen LogP) is 2.48. The van der Waals surface area contributed by atoms with Gasteiger partial charge >= 0.3 is 0 Å². The van der Waals surface area contributed by atoms with Crippen molar-refractivity contribution in [1.82, 2.24) is 4.90 Å². The van der Waals surface area contributed by atoms with Crippen molar-refractivity contribution in [2.75, 3.05) is 6.61 Å². The maximum absolute atomic E-state index is 12.3. The Kier molecular flexibility index (Phi) is 4.04. The number of carbonyl (C=O) groups is 1. The van der Waals surface area contributed by atoms with E-state index in [0.29, 0.717) is 13.0 Å². The van der Waals surface area contributed by atoms with Crippen LogP contribution in [0.2, 0.25) is 0 Å². The van der Waals surface area contributed by atoms with Crippen molar-refractivity contribution in [2.45, 2.75) is 51.7 Å². The van der Waals surface area contributed by atoms with Gasteiger partial charge in [0.1, 0.15) is 5.75 Å². The topological polar surface area (TPSA) is 55.6 Å². The zero-order chi connectivity index (χ0) is 14.9. The molecule has 1 heterocycles. The summed E-state index contributed by atoms with van der Waals surface area (Å²) in [7, 11) is 0. The summed E-state index contributed by atoms with van der Waals surface area (Å²) in [6.07, 6.45) is 0.391. The average Bonchev–Trinajstić information content (AvgIpc) is 2.65. The van der Waals surface area contributed by atoms with Gasteiger partial charge in [0.25, 0.3) is 0 Å².